The molecule has 4 rings (SSSR count). The van der Waals surface area contributed by atoms with Crippen molar-refractivity contribution in [1.82, 2.24) is 14.5 Å². The first-order valence-electron chi connectivity index (χ1n) is 8.55. The van der Waals surface area contributed by atoms with E-state index in [-0.39, 0.29) is 28.5 Å². The maximum Gasteiger partial charge on any atom is 0.336 e. The van der Waals surface area contributed by atoms with Crippen LogP contribution in [0.25, 0.3) is 16.6 Å². The molecule has 1 fully saturated rings. The molecule has 1 aromatic heterocycles. The smallest absolute Gasteiger partial charge is 0.336 e. The van der Waals surface area contributed by atoms with E-state index >= 15 is 0 Å². The van der Waals surface area contributed by atoms with Gasteiger partial charge in [-0.15, -0.1) is 0 Å². The molecular weight excluding hydrogens is 392 g/mol. The van der Waals surface area contributed by atoms with Gasteiger partial charge in [-0.1, -0.05) is 11.6 Å². The Balaban J connectivity index is 1.97. The third-order valence-corrected chi connectivity index (χ3v) is 4.74. The first-order valence-corrected chi connectivity index (χ1v) is 8.93. The topological polar surface area (TPSA) is 73.1 Å². The third-order valence-electron chi connectivity index (χ3n) is 4.50. The molecule has 1 aliphatic rings. The fourth-order valence-electron chi connectivity index (χ4n) is 3.01. The Morgan fingerprint density at radius 2 is 1.89 bits per heavy atom. The molecular formula is C19H14ClF2N3O3. The molecule has 9 heteroatoms. The molecule has 1 heterocycles. The number of aromatic nitrogens is 2. The lowest BCUT2D eigenvalue weighted by Crippen LogP contribution is -2.42. The molecule has 0 spiro atoms. The second-order valence-electron chi connectivity index (χ2n) is 6.61. The summed E-state index contributed by atoms with van der Waals surface area (Å²) in [6, 6.07) is 6.86. The van der Waals surface area contributed by atoms with E-state index in [2.05, 4.69) is 5.32 Å². The maximum atomic E-state index is 14.3. The lowest BCUT2D eigenvalue weighted by Gasteiger charge is -2.15. The van der Waals surface area contributed by atoms with Crippen LogP contribution in [0.4, 0.5) is 8.78 Å². The van der Waals surface area contributed by atoms with Crippen LogP contribution in [0.3, 0.4) is 0 Å². The normalized spacial score (nSPS) is 13.7. The van der Waals surface area contributed by atoms with Crippen molar-refractivity contribution in [3.8, 4) is 5.69 Å². The lowest BCUT2D eigenvalue weighted by molar-refractivity contribution is -0.121. The van der Waals surface area contributed by atoms with Crippen molar-refractivity contribution in [2.45, 2.75) is 25.4 Å². The summed E-state index contributed by atoms with van der Waals surface area (Å²) in [5, 5.41) is 3.11. The fraction of sp³-hybridized carbons (Fsp3) is 0.211. The zero-order chi connectivity index (χ0) is 20.0. The van der Waals surface area contributed by atoms with Gasteiger partial charge in [0, 0.05) is 17.1 Å². The Morgan fingerprint density at radius 1 is 1.14 bits per heavy atom. The Labute approximate surface area is 162 Å². The minimum absolute atomic E-state index is 0.0759. The Kier molecular flexibility index (Phi) is 4.50. The average Bonchev–Trinajstić information content (AvgIpc) is 3.44. The van der Waals surface area contributed by atoms with E-state index in [4.69, 9.17) is 11.6 Å². The number of carbonyl (C=O) groups excluding carboxylic acids is 1. The zero-order valence-electron chi connectivity index (χ0n) is 14.4. The van der Waals surface area contributed by atoms with Crippen LogP contribution in [0.1, 0.15) is 12.8 Å². The summed E-state index contributed by atoms with van der Waals surface area (Å²) in [5.41, 5.74) is -1.95. The van der Waals surface area contributed by atoms with Crippen LogP contribution in [0, 0.1) is 11.6 Å². The van der Waals surface area contributed by atoms with Gasteiger partial charge in [-0.25, -0.2) is 18.1 Å². The summed E-state index contributed by atoms with van der Waals surface area (Å²) in [5.74, 6) is -2.32. The Hall–Kier alpha value is -3.00. The number of benzene rings is 2. The second-order valence-corrected chi connectivity index (χ2v) is 7.04. The van der Waals surface area contributed by atoms with E-state index in [1.165, 1.54) is 18.2 Å². The molecule has 0 radical (unpaired) electrons. The van der Waals surface area contributed by atoms with Gasteiger partial charge in [0.1, 0.15) is 18.2 Å². The van der Waals surface area contributed by atoms with Gasteiger partial charge >= 0.3 is 5.69 Å². The van der Waals surface area contributed by atoms with Crippen molar-refractivity contribution in [1.29, 1.82) is 0 Å². The van der Waals surface area contributed by atoms with Gasteiger partial charge in [0.05, 0.1) is 16.6 Å². The van der Waals surface area contributed by atoms with Crippen molar-refractivity contribution in [2.75, 3.05) is 0 Å². The summed E-state index contributed by atoms with van der Waals surface area (Å²) >= 11 is 6.00. The summed E-state index contributed by atoms with van der Waals surface area (Å²) in [6.45, 7) is -0.366. The van der Waals surface area contributed by atoms with E-state index in [1.54, 1.807) is 0 Å². The van der Waals surface area contributed by atoms with Crippen molar-refractivity contribution in [3.05, 3.63) is 73.9 Å². The molecule has 1 N–H and O–H groups in total. The van der Waals surface area contributed by atoms with Crippen LogP contribution < -0.4 is 16.6 Å². The number of carbonyl (C=O) groups is 1. The van der Waals surface area contributed by atoms with Crippen LogP contribution in [0.2, 0.25) is 5.02 Å². The predicted molar refractivity (Wildman–Crippen MR) is 99.9 cm³/mol. The molecule has 0 atom stereocenters. The largest absolute Gasteiger partial charge is 0.352 e. The average molecular weight is 406 g/mol. The van der Waals surface area contributed by atoms with Crippen molar-refractivity contribution < 1.29 is 13.6 Å². The van der Waals surface area contributed by atoms with E-state index in [9.17, 15) is 23.2 Å². The maximum absolute atomic E-state index is 14.3. The van der Waals surface area contributed by atoms with Crippen LogP contribution in [-0.4, -0.2) is 21.1 Å². The van der Waals surface area contributed by atoms with E-state index < -0.39 is 34.5 Å². The van der Waals surface area contributed by atoms with Gasteiger partial charge in [-0.3, -0.25) is 14.2 Å². The quantitative estimate of drug-likeness (QED) is 0.724. The molecule has 2 aromatic carbocycles. The molecule has 6 nitrogen and oxygen atoms in total. The van der Waals surface area contributed by atoms with E-state index in [1.807, 2.05) is 0 Å². The van der Waals surface area contributed by atoms with Crippen LogP contribution >= 0.6 is 11.6 Å². The molecule has 1 amide bonds. The zero-order valence-corrected chi connectivity index (χ0v) is 15.2. The van der Waals surface area contributed by atoms with Gasteiger partial charge in [0.25, 0.3) is 5.56 Å². The van der Waals surface area contributed by atoms with E-state index in [0.29, 0.717) is 10.6 Å². The van der Waals surface area contributed by atoms with Gasteiger partial charge in [-0.2, -0.15) is 0 Å². The summed E-state index contributed by atoms with van der Waals surface area (Å²) < 4.78 is 29.2. The summed E-state index contributed by atoms with van der Waals surface area (Å²) in [4.78, 5) is 38.2. The number of nitrogens with zero attached hydrogens (tertiary/aromatic N) is 2. The monoisotopic (exact) mass is 405 g/mol. The number of fused-ring (bicyclic) bond motifs is 1. The van der Waals surface area contributed by atoms with Crippen LogP contribution in [0.5, 0.6) is 0 Å². The molecule has 0 saturated heterocycles. The molecule has 144 valence electrons. The van der Waals surface area contributed by atoms with Crippen molar-refractivity contribution in [3.63, 3.8) is 0 Å². The van der Waals surface area contributed by atoms with Crippen LogP contribution in [-0.2, 0) is 11.3 Å². The first-order chi connectivity index (χ1) is 13.3. The Morgan fingerprint density at radius 3 is 2.57 bits per heavy atom. The van der Waals surface area contributed by atoms with Crippen LogP contribution in [0.15, 0.2) is 46.0 Å². The number of hydrogen-bond acceptors (Lipinski definition) is 3. The van der Waals surface area contributed by atoms with Crippen molar-refractivity contribution >= 4 is 28.4 Å². The molecule has 28 heavy (non-hydrogen) atoms. The number of rotatable bonds is 4. The highest BCUT2D eigenvalue weighted by molar-refractivity contribution is 6.31. The van der Waals surface area contributed by atoms with Gasteiger partial charge in [0.2, 0.25) is 5.91 Å². The lowest BCUT2D eigenvalue weighted by atomic mass is 10.2. The molecule has 3 aromatic rings. The van der Waals surface area contributed by atoms with Gasteiger partial charge in [-0.05, 0) is 43.2 Å². The minimum Gasteiger partial charge on any atom is -0.352 e. The Bertz CT molecular complexity index is 1230. The number of amides is 1. The molecule has 0 bridgehead atoms. The summed E-state index contributed by atoms with van der Waals surface area (Å²) in [6.07, 6.45) is 1.74. The number of hydrogen-bond donors (Lipinski definition) is 1. The highest BCUT2D eigenvalue weighted by Gasteiger charge is 2.25. The second kappa shape index (κ2) is 6.87. The number of nitrogens with one attached hydrogen (secondary N) is 1. The van der Waals surface area contributed by atoms with E-state index in [0.717, 1.165) is 29.5 Å². The minimum atomic E-state index is -1.07. The highest BCUT2D eigenvalue weighted by atomic mass is 35.5. The standard InChI is InChI=1S/C19H14ClF2N3O3/c20-10-1-5-13-16(7-10)24(9-17(26)23-12-3-4-12)19(28)25(18(13)27)15-6-2-11(21)8-14(15)22/h1-2,5-8,12H,3-4,9H2,(H,23,26). The SMILES string of the molecule is O=C(Cn1c(=O)n(-c2ccc(F)cc2F)c(=O)c2ccc(Cl)cc21)NC1CC1. The van der Waals surface area contributed by atoms with Gasteiger partial charge < -0.3 is 5.32 Å². The third kappa shape index (κ3) is 3.31. The molecule has 1 saturated carbocycles. The number of halogens is 3. The van der Waals surface area contributed by atoms with Gasteiger partial charge in [0.15, 0.2) is 0 Å². The molecule has 0 unspecified atom stereocenters. The first kappa shape index (κ1) is 18.4. The molecule has 1 aliphatic carbocycles. The highest BCUT2D eigenvalue weighted by Crippen LogP contribution is 2.20. The molecule has 0 aliphatic heterocycles. The predicted octanol–water partition coefficient (Wildman–Crippen LogP) is 2.36. The fourth-order valence-corrected chi connectivity index (χ4v) is 3.18. The summed E-state index contributed by atoms with van der Waals surface area (Å²) in [7, 11) is 0. The van der Waals surface area contributed by atoms with Crippen molar-refractivity contribution in [2.24, 2.45) is 0 Å².